The van der Waals surface area contributed by atoms with Gasteiger partial charge in [0.05, 0.1) is 6.04 Å². The van der Waals surface area contributed by atoms with Crippen LogP contribution in [-0.2, 0) is 16.1 Å². The van der Waals surface area contributed by atoms with Gasteiger partial charge in [-0.05, 0) is 38.3 Å². The summed E-state index contributed by atoms with van der Waals surface area (Å²) in [5.41, 5.74) is 1.23. The molecular formula is C19H29N3O2. The van der Waals surface area contributed by atoms with E-state index in [1.807, 2.05) is 32.0 Å². The number of hydrogen-bond donors (Lipinski definition) is 2. The molecule has 1 aliphatic rings. The monoisotopic (exact) mass is 331 g/mol. The van der Waals surface area contributed by atoms with Crippen molar-refractivity contribution in [2.24, 2.45) is 0 Å². The number of rotatable bonds is 8. The highest BCUT2D eigenvalue weighted by Gasteiger charge is 2.30. The molecule has 1 aromatic carbocycles. The molecule has 1 aliphatic heterocycles. The Labute approximate surface area is 144 Å². The zero-order chi connectivity index (χ0) is 17.4. The van der Waals surface area contributed by atoms with E-state index < -0.39 is 0 Å². The maximum Gasteiger partial charge on any atom is 0.237 e. The van der Waals surface area contributed by atoms with E-state index in [-0.39, 0.29) is 23.9 Å². The predicted molar refractivity (Wildman–Crippen MR) is 95.4 cm³/mol. The molecule has 2 N–H and O–H groups in total. The van der Waals surface area contributed by atoms with Crippen LogP contribution in [0.1, 0.15) is 45.1 Å². The highest BCUT2D eigenvalue weighted by molar-refractivity contribution is 5.83. The molecule has 132 valence electrons. The Kier molecular flexibility index (Phi) is 7.25. The fourth-order valence-electron chi connectivity index (χ4n) is 3.00. The zero-order valence-corrected chi connectivity index (χ0v) is 14.8. The van der Waals surface area contributed by atoms with Crippen molar-refractivity contribution >= 4 is 11.8 Å². The van der Waals surface area contributed by atoms with Crippen molar-refractivity contribution in [3.63, 3.8) is 0 Å². The quantitative estimate of drug-likeness (QED) is 0.767. The average molecular weight is 331 g/mol. The van der Waals surface area contributed by atoms with Gasteiger partial charge >= 0.3 is 0 Å². The van der Waals surface area contributed by atoms with Crippen LogP contribution in [0, 0.1) is 0 Å². The number of hydrogen-bond acceptors (Lipinski definition) is 3. The van der Waals surface area contributed by atoms with E-state index in [1.165, 1.54) is 5.56 Å². The number of amides is 2. The van der Waals surface area contributed by atoms with E-state index in [9.17, 15) is 9.59 Å². The van der Waals surface area contributed by atoms with Crippen LogP contribution in [0.2, 0.25) is 0 Å². The lowest BCUT2D eigenvalue weighted by Gasteiger charge is -2.23. The Bertz CT molecular complexity index is 533. The number of nitrogens with zero attached hydrogens (tertiary/aromatic N) is 1. The molecule has 1 saturated heterocycles. The summed E-state index contributed by atoms with van der Waals surface area (Å²) < 4.78 is 0. The smallest absolute Gasteiger partial charge is 0.237 e. The van der Waals surface area contributed by atoms with E-state index in [1.54, 1.807) is 0 Å². The summed E-state index contributed by atoms with van der Waals surface area (Å²) in [5.74, 6) is 0.0389. The van der Waals surface area contributed by atoms with Gasteiger partial charge in [0.2, 0.25) is 11.8 Å². The van der Waals surface area contributed by atoms with Crippen LogP contribution in [0.4, 0.5) is 0 Å². The average Bonchev–Trinajstić information content (AvgIpc) is 3.03. The number of carbonyl (C=O) groups is 2. The summed E-state index contributed by atoms with van der Waals surface area (Å²) in [7, 11) is 0. The molecule has 1 heterocycles. The van der Waals surface area contributed by atoms with Crippen molar-refractivity contribution in [3.05, 3.63) is 35.9 Å². The van der Waals surface area contributed by atoms with E-state index in [2.05, 4.69) is 27.7 Å². The van der Waals surface area contributed by atoms with Crippen LogP contribution in [0.15, 0.2) is 30.3 Å². The number of carbonyl (C=O) groups excluding carboxylic acids is 2. The molecule has 2 atom stereocenters. The SMILES string of the molecule is CC[C@H](C)NC(=O)CCNC(=O)[C@@H]1CCCN1Cc1ccccc1. The second kappa shape index (κ2) is 9.42. The predicted octanol–water partition coefficient (Wildman–Crippen LogP) is 2.07. The standard InChI is InChI=1S/C19H29N3O2/c1-3-15(2)21-18(23)11-12-20-19(24)17-10-7-13-22(17)14-16-8-5-4-6-9-16/h4-6,8-9,15,17H,3,7,10-14H2,1-2H3,(H,20,24)(H,21,23)/t15-,17-/m0/s1. The van der Waals surface area contributed by atoms with Crippen molar-refractivity contribution in [2.75, 3.05) is 13.1 Å². The first-order valence-electron chi connectivity index (χ1n) is 8.95. The van der Waals surface area contributed by atoms with Crippen LogP contribution >= 0.6 is 0 Å². The van der Waals surface area contributed by atoms with Gasteiger partial charge in [-0.15, -0.1) is 0 Å². The molecule has 0 aliphatic carbocycles. The molecule has 0 bridgehead atoms. The van der Waals surface area contributed by atoms with Crippen molar-refractivity contribution in [1.29, 1.82) is 0 Å². The summed E-state index contributed by atoms with van der Waals surface area (Å²) in [4.78, 5) is 26.4. The second-order valence-electron chi connectivity index (χ2n) is 6.53. The normalized spacial score (nSPS) is 19.0. The third kappa shape index (κ3) is 5.64. The molecule has 5 heteroatoms. The third-order valence-corrected chi connectivity index (χ3v) is 4.57. The maximum absolute atomic E-state index is 12.4. The summed E-state index contributed by atoms with van der Waals surface area (Å²) in [6.45, 7) is 6.16. The Balaban J connectivity index is 1.75. The lowest BCUT2D eigenvalue weighted by Crippen LogP contribution is -2.44. The van der Waals surface area contributed by atoms with Crippen molar-refractivity contribution in [3.8, 4) is 0 Å². The van der Waals surface area contributed by atoms with Gasteiger partial charge in [-0.1, -0.05) is 37.3 Å². The minimum Gasteiger partial charge on any atom is -0.354 e. The van der Waals surface area contributed by atoms with E-state index in [4.69, 9.17) is 0 Å². The Hall–Kier alpha value is -1.88. The number of benzene rings is 1. The maximum atomic E-state index is 12.4. The molecular weight excluding hydrogens is 302 g/mol. The molecule has 0 radical (unpaired) electrons. The molecule has 2 amide bonds. The summed E-state index contributed by atoms with van der Waals surface area (Å²) in [6.07, 6.45) is 3.17. The number of likely N-dealkylation sites (tertiary alicyclic amines) is 1. The Morgan fingerprint density at radius 3 is 2.75 bits per heavy atom. The highest BCUT2D eigenvalue weighted by atomic mass is 16.2. The van der Waals surface area contributed by atoms with Gasteiger partial charge in [-0.2, -0.15) is 0 Å². The van der Waals surface area contributed by atoms with Crippen LogP contribution < -0.4 is 10.6 Å². The lowest BCUT2D eigenvalue weighted by atomic mass is 10.1. The van der Waals surface area contributed by atoms with Gasteiger partial charge in [0.15, 0.2) is 0 Å². The highest BCUT2D eigenvalue weighted by Crippen LogP contribution is 2.20. The van der Waals surface area contributed by atoms with Crippen molar-refractivity contribution in [1.82, 2.24) is 15.5 Å². The first-order valence-corrected chi connectivity index (χ1v) is 8.95. The summed E-state index contributed by atoms with van der Waals surface area (Å²) >= 11 is 0. The second-order valence-corrected chi connectivity index (χ2v) is 6.53. The summed E-state index contributed by atoms with van der Waals surface area (Å²) in [6, 6.07) is 10.3. The van der Waals surface area contributed by atoms with Crippen LogP contribution in [0.25, 0.3) is 0 Å². The largest absolute Gasteiger partial charge is 0.354 e. The van der Waals surface area contributed by atoms with Gasteiger partial charge in [0.1, 0.15) is 0 Å². The van der Waals surface area contributed by atoms with Gasteiger partial charge in [-0.3, -0.25) is 14.5 Å². The fraction of sp³-hybridized carbons (Fsp3) is 0.579. The van der Waals surface area contributed by atoms with Gasteiger partial charge < -0.3 is 10.6 Å². The molecule has 1 aromatic rings. The van der Waals surface area contributed by atoms with E-state index >= 15 is 0 Å². The third-order valence-electron chi connectivity index (χ3n) is 4.57. The molecule has 0 saturated carbocycles. The van der Waals surface area contributed by atoms with E-state index in [0.717, 1.165) is 32.4 Å². The molecule has 0 aromatic heterocycles. The van der Waals surface area contributed by atoms with Crippen LogP contribution in [-0.4, -0.2) is 41.9 Å². The zero-order valence-electron chi connectivity index (χ0n) is 14.8. The lowest BCUT2D eigenvalue weighted by molar-refractivity contribution is -0.126. The summed E-state index contributed by atoms with van der Waals surface area (Å²) in [5, 5.41) is 5.83. The minimum absolute atomic E-state index is 0.00258. The first-order chi connectivity index (χ1) is 11.6. The molecule has 1 fully saturated rings. The van der Waals surface area contributed by atoms with Crippen LogP contribution in [0.3, 0.4) is 0 Å². The Morgan fingerprint density at radius 1 is 1.29 bits per heavy atom. The molecule has 24 heavy (non-hydrogen) atoms. The fourth-order valence-corrected chi connectivity index (χ4v) is 3.00. The molecule has 5 nitrogen and oxygen atoms in total. The number of nitrogens with one attached hydrogen (secondary N) is 2. The molecule has 2 rings (SSSR count). The van der Waals surface area contributed by atoms with Crippen LogP contribution in [0.5, 0.6) is 0 Å². The topological polar surface area (TPSA) is 61.4 Å². The first kappa shape index (κ1) is 18.5. The molecule has 0 unspecified atom stereocenters. The van der Waals surface area contributed by atoms with Crippen molar-refractivity contribution in [2.45, 2.75) is 58.2 Å². The van der Waals surface area contributed by atoms with Crippen molar-refractivity contribution < 1.29 is 9.59 Å². The van der Waals surface area contributed by atoms with Gasteiger partial charge in [0.25, 0.3) is 0 Å². The Morgan fingerprint density at radius 2 is 2.04 bits per heavy atom. The van der Waals surface area contributed by atoms with Gasteiger partial charge in [-0.25, -0.2) is 0 Å². The molecule has 0 spiro atoms. The minimum atomic E-state index is -0.0807. The van der Waals surface area contributed by atoms with Gasteiger partial charge in [0, 0.05) is 25.6 Å². The van der Waals surface area contributed by atoms with E-state index in [0.29, 0.717) is 13.0 Å².